The highest BCUT2D eigenvalue weighted by molar-refractivity contribution is 5.82. The number of amides is 1. The Balaban J connectivity index is 2.57. The van der Waals surface area contributed by atoms with Gasteiger partial charge < -0.3 is 15.4 Å². The lowest BCUT2D eigenvalue weighted by Gasteiger charge is -2.34. The maximum absolute atomic E-state index is 12.3. The van der Waals surface area contributed by atoms with Gasteiger partial charge in [-0.1, -0.05) is 26.2 Å². The molecular weight excluding hydrogens is 244 g/mol. The monoisotopic (exact) mass is 270 g/mol. The van der Waals surface area contributed by atoms with E-state index >= 15 is 0 Å². The molecule has 19 heavy (non-hydrogen) atoms. The van der Waals surface area contributed by atoms with Gasteiger partial charge in [-0.2, -0.15) is 0 Å². The molecule has 1 aliphatic carbocycles. The summed E-state index contributed by atoms with van der Waals surface area (Å²) in [7, 11) is 1.34. The molecule has 0 aromatic heterocycles. The van der Waals surface area contributed by atoms with Gasteiger partial charge >= 0.3 is 5.97 Å². The number of rotatable bonds is 6. The summed E-state index contributed by atoms with van der Waals surface area (Å²) in [6, 6.07) is 0. The fourth-order valence-electron chi connectivity index (χ4n) is 2.63. The van der Waals surface area contributed by atoms with Gasteiger partial charge in [0.2, 0.25) is 5.91 Å². The van der Waals surface area contributed by atoms with E-state index in [0.717, 1.165) is 32.1 Å². The summed E-state index contributed by atoms with van der Waals surface area (Å²) in [6.07, 6.45) is 6.34. The topological polar surface area (TPSA) is 72.6 Å². The maximum atomic E-state index is 12.3. The molecule has 0 aromatic rings. The van der Waals surface area contributed by atoms with Crippen LogP contribution >= 0.6 is 0 Å². The van der Waals surface area contributed by atoms with Gasteiger partial charge in [-0.25, -0.2) is 0 Å². The molecule has 2 N–H and O–H groups in total. The van der Waals surface area contributed by atoms with E-state index in [0.29, 0.717) is 13.0 Å². The standard InChI is InChI=1S/C14H26N2O3/c1-3-9-16(11-13(18)19-2)12(17)10-14(15)7-5-4-6-8-14/h3-11,15H2,1-2H3. The summed E-state index contributed by atoms with van der Waals surface area (Å²) >= 11 is 0. The Hall–Kier alpha value is -1.10. The van der Waals surface area contributed by atoms with E-state index in [-0.39, 0.29) is 24.0 Å². The van der Waals surface area contributed by atoms with E-state index in [9.17, 15) is 9.59 Å². The average Bonchev–Trinajstić information content (AvgIpc) is 2.38. The molecule has 5 nitrogen and oxygen atoms in total. The van der Waals surface area contributed by atoms with Gasteiger partial charge in [0.05, 0.1) is 7.11 Å². The summed E-state index contributed by atoms with van der Waals surface area (Å²) < 4.78 is 4.63. The molecule has 0 aliphatic heterocycles. The summed E-state index contributed by atoms with van der Waals surface area (Å²) in [5.41, 5.74) is 5.92. The molecule has 0 saturated heterocycles. The summed E-state index contributed by atoms with van der Waals surface area (Å²) in [6.45, 7) is 2.58. The molecule has 0 radical (unpaired) electrons. The van der Waals surface area contributed by atoms with Crippen molar-refractivity contribution in [2.45, 2.75) is 57.4 Å². The predicted octanol–water partition coefficient (Wildman–Crippen LogP) is 1.45. The van der Waals surface area contributed by atoms with E-state index in [1.165, 1.54) is 13.5 Å². The molecule has 1 amide bonds. The lowest BCUT2D eigenvalue weighted by Crippen LogP contribution is -2.48. The number of hydrogen-bond acceptors (Lipinski definition) is 4. The van der Waals surface area contributed by atoms with Crippen LogP contribution in [-0.4, -0.2) is 42.5 Å². The number of nitrogens with zero attached hydrogens (tertiary/aromatic N) is 1. The average molecular weight is 270 g/mol. The number of carbonyl (C=O) groups is 2. The minimum atomic E-state index is -0.378. The van der Waals surface area contributed by atoms with Crippen LogP contribution in [0.1, 0.15) is 51.9 Å². The molecule has 5 heteroatoms. The van der Waals surface area contributed by atoms with Crippen LogP contribution in [0.25, 0.3) is 0 Å². The minimum absolute atomic E-state index is 0.0270. The first kappa shape index (κ1) is 16.0. The van der Waals surface area contributed by atoms with E-state index in [2.05, 4.69) is 4.74 Å². The Morgan fingerprint density at radius 3 is 2.42 bits per heavy atom. The van der Waals surface area contributed by atoms with Gasteiger partial charge in [0, 0.05) is 18.5 Å². The van der Waals surface area contributed by atoms with E-state index in [1.807, 2.05) is 6.92 Å². The fourth-order valence-corrected chi connectivity index (χ4v) is 2.63. The summed E-state index contributed by atoms with van der Waals surface area (Å²) in [5, 5.41) is 0. The van der Waals surface area contributed by atoms with Crippen LogP contribution in [0, 0.1) is 0 Å². The third-order valence-electron chi connectivity index (χ3n) is 3.75. The van der Waals surface area contributed by atoms with Crippen LogP contribution in [0.4, 0.5) is 0 Å². The quantitative estimate of drug-likeness (QED) is 0.741. The molecule has 0 aromatic carbocycles. The van der Waals surface area contributed by atoms with Crippen molar-refractivity contribution in [3.05, 3.63) is 0 Å². The lowest BCUT2D eigenvalue weighted by atomic mass is 9.80. The smallest absolute Gasteiger partial charge is 0.325 e. The van der Waals surface area contributed by atoms with Gasteiger partial charge in [0.15, 0.2) is 0 Å². The largest absolute Gasteiger partial charge is 0.468 e. The number of carbonyl (C=O) groups excluding carboxylic acids is 2. The fraction of sp³-hybridized carbons (Fsp3) is 0.857. The van der Waals surface area contributed by atoms with Crippen LogP contribution < -0.4 is 5.73 Å². The molecule has 0 bridgehead atoms. The van der Waals surface area contributed by atoms with Gasteiger partial charge in [0.1, 0.15) is 6.54 Å². The zero-order valence-corrected chi connectivity index (χ0v) is 12.1. The second kappa shape index (κ2) is 7.48. The normalized spacial score (nSPS) is 17.8. The SMILES string of the molecule is CCCN(CC(=O)OC)C(=O)CC1(N)CCCCC1. The van der Waals surface area contributed by atoms with Crippen molar-refractivity contribution in [3.8, 4) is 0 Å². The zero-order chi connectivity index (χ0) is 14.3. The Morgan fingerprint density at radius 2 is 1.89 bits per heavy atom. The summed E-state index contributed by atoms with van der Waals surface area (Å²) in [5.74, 6) is -0.409. The van der Waals surface area contributed by atoms with E-state index in [4.69, 9.17) is 5.73 Å². The molecule has 1 fully saturated rings. The number of ether oxygens (including phenoxy) is 1. The van der Waals surface area contributed by atoms with Crippen molar-refractivity contribution in [1.82, 2.24) is 4.90 Å². The second-order valence-corrected chi connectivity index (χ2v) is 5.49. The first-order valence-electron chi connectivity index (χ1n) is 7.14. The zero-order valence-electron chi connectivity index (χ0n) is 12.1. The van der Waals surface area contributed by atoms with Crippen molar-refractivity contribution in [1.29, 1.82) is 0 Å². The van der Waals surface area contributed by atoms with Crippen LogP contribution in [-0.2, 0) is 14.3 Å². The Labute approximate surface area is 115 Å². The Kier molecular flexibility index (Phi) is 6.28. The molecule has 0 heterocycles. The number of hydrogen-bond donors (Lipinski definition) is 1. The number of methoxy groups -OCH3 is 1. The highest BCUT2D eigenvalue weighted by Gasteiger charge is 2.32. The lowest BCUT2D eigenvalue weighted by molar-refractivity contribution is -0.147. The number of nitrogens with two attached hydrogens (primary N) is 1. The molecule has 110 valence electrons. The van der Waals surface area contributed by atoms with Crippen molar-refractivity contribution in [3.63, 3.8) is 0 Å². The van der Waals surface area contributed by atoms with Crippen molar-refractivity contribution >= 4 is 11.9 Å². The van der Waals surface area contributed by atoms with Gasteiger partial charge in [-0.15, -0.1) is 0 Å². The third kappa shape index (κ3) is 5.19. The maximum Gasteiger partial charge on any atom is 0.325 e. The third-order valence-corrected chi connectivity index (χ3v) is 3.75. The number of esters is 1. The van der Waals surface area contributed by atoms with Crippen LogP contribution in [0.3, 0.4) is 0 Å². The molecule has 0 spiro atoms. The molecule has 1 rings (SSSR count). The second-order valence-electron chi connectivity index (χ2n) is 5.49. The molecule has 1 aliphatic rings. The van der Waals surface area contributed by atoms with E-state index in [1.54, 1.807) is 4.90 Å². The molecule has 0 unspecified atom stereocenters. The Bertz CT molecular complexity index is 312. The van der Waals surface area contributed by atoms with Gasteiger partial charge in [-0.3, -0.25) is 9.59 Å². The van der Waals surface area contributed by atoms with Crippen LogP contribution in [0.2, 0.25) is 0 Å². The molecular formula is C14H26N2O3. The molecule has 0 atom stereocenters. The van der Waals surface area contributed by atoms with Crippen molar-refractivity contribution in [2.24, 2.45) is 5.73 Å². The first-order chi connectivity index (χ1) is 9.00. The van der Waals surface area contributed by atoms with E-state index < -0.39 is 0 Å². The highest BCUT2D eigenvalue weighted by Crippen LogP contribution is 2.29. The van der Waals surface area contributed by atoms with Gasteiger partial charge in [0.25, 0.3) is 0 Å². The minimum Gasteiger partial charge on any atom is -0.468 e. The van der Waals surface area contributed by atoms with Crippen LogP contribution in [0.15, 0.2) is 0 Å². The van der Waals surface area contributed by atoms with Crippen LogP contribution in [0.5, 0.6) is 0 Å². The molecule has 1 saturated carbocycles. The Morgan fingerprint density at radius 1 is 1.26 bits per heavy atom. The predicted molar refractivity (Wildman–Crippen MR) is 73.5 cm³/mol. The van der Waals surface area contributed by atoms with Crippen molar-refractivity contribution in [2.75, 3.05) is 20.2 Å². The van der Waals surface area contributed by atoms with Crippen molar-refractivity contribution < 1.29 is 14.3 Å². The van der Waals surface area contributed by atoms with Gasteiger partial charge in [-0.05, 0) is 19.3 Å². The first-order valence-corrected chi connectivity index (χ1v) is 7.14. The highest BCUT2D eigenvalue weighted by atomic mass is 16.5. The summed E-state index contributed by atoms with van der Waals surface area (Å²) in [4.78, 5) is 25.2.